The Morgan fingerprint density at radius 3 is 2.33 bits per heavy atom. The molecule has 174 valence electrons. The van der Waals surface area contributed by atoms with Gasteiger partial charge in [-0.1, -0.05) is 55.5 Å². The van der Waals surface area contributed by atoms with Crippen LogP contribution in [0.15, 0.2) is 48.5 Å². The van der Waals surface area contributed by atoms with Gasteiger partial charge in [-0.3, -0.25) is 9.59 Å². The highest BCUT2D eigenvalue weighted by Crippen LogP contribution is 2.44. The minimum absolute atomic E-state index is 0.0209. The lowest BCUT2D eigenvalue weighted by molar-refractivity contribution is -0.141. The highest BCUT2D eigenvalue weighted by Gasteiger charge is 2.31. The van der Waals surface area contributed by atoms with E-state index in [2.05, 4.69) is 29.6 Å². The van der Waals surface area contributed by atoms with Crippen LogP contribution in [0.3, 0.4) is 0 Å². The first-order valence-electron chi connectivity index (χ1n) is 11.5. The third kappa shape index (κ3) is 5.18. The van der Waals surface area contributed by atoms with Crippen LogP contribution in [-0.4, -0.2) is 54.2 Å². The van der Waals surface area contributed by atoms with Crippen molar-refractivity contribution in [3.63, 3.8) is 0 Å². The maximum atomic E-state index is 12.4. The number of likely N-dealkylation sites (tertiary alicyclic amines) is 1. The summed E-state index contributed by atoms with van der Waals surface area (Å²) in [6, 6.07) is 16.4. The number of aliphatic carboxylic acids is 1. The standard InChI is InChI=1S/C26H30N2O5/c1-17(14-24(29)28-13-11-18(15-28)25(30)31)10-12-27-26(32)33-16-23-21-8-4-2-6-19(21)20-7-3-5-9-22(20)23/h2-9,17-18,23H,10-16H2,1H3,(H,27,32)(H,30,31). The van der Waals surface area contributed by atoms with E-state index in [0.717, 1.165) is 0 Å². The second kappa shape index (κ2) is 10.1. The van der Waals surface area contributed by atoms with Crippen molar-refractivity contribution in [3.8, 4) is 11.1 Å². The summed E-state index contributed by atoms with van der Waals surface area (Å²) in [5.41, 5.74) is 4.72. The lowest BCUT2D eigenvalue weighted by Crippen LogP contribution is -2.32. The molecule has 2 atom stereocenters. The van der Waals surface area contributed by atoms with Crippen molar-refractivity contribution in [1.82, 2.24) is 10.2 Å². The molecule has 1 heterocycles. The summed E-state index contributed by atoms with van der Waals surface area (Å²) >= 11 is 0. The minimum Gasteiger partial charge on any atom is -0.481 e. The number of hydrogen-bond acceptors (Lipinski definition) is 4. The van der Waals surface area contributed by atoms with Gasteiger partial charge in [0.15, 0.2) is 0 Å². The molecule has 1 aliphatic carbocycles. The summed E-state index contributed by atoms with van der Waals surface area (Å²) in [7, 11) is 0. The molecule has 1 saturated heterocycles. The average molecular weight is 451 g/mol. The molecule has 1 fully saturated rings. The van der Waals surface area contributed by atoms with Crippen molar-refractivity contribution >= 4 is 18.0 Å². The van der Waals surface area contributed by atoms with Gasteiger partial charge in [-0.25, -0.2) is 4.79 Å². The van der Waals surface area contributed by atoms with E-state index < -0.39 is 18.0 Å². The van der Waals surface area contributed by atoms with Crippen LogP contribution >= 0.6 is 0 Å². The zero-order valence-corrected chi connectivity index (χ0v) is 18.8. The number of amides is 2. The van der Waals surface area contributed by atoms with E-state index in [1.165, 1.54) is 22.3 Å². The van der Waals surface area contributed by atoms with E-state index in [0.29, 0.717) is 38.9 Å². The van der Waals surface area contributed by atoms with Gasteiger partial charge in [-0.2, -0.15) is 0 Å². The Morgan fingerprint density at radius 1 is 1.09 bits per heavy atom. The van der Waals surface area contributed by atoms with Crippen LogP contribution in [0, 0.1) is 11.8 Å². The number of benzene rings is 2. The molecular weight excluding hydrogens is 420 g/mol. The van der Waals surface area contributed by atoms with Gasteiger partial charge in [-0.15, -0.1) is 0 Å². The van der Waals surface area contributed by atoms with Gasteiger partial charge in [0, 0.05) is 32.0 Å². The highest BCUT2D eigenvalue weighted by atomic mass is 16.5. The van der Waals surface area contributed by atoms with E-state index in [-0.39, 0.29) is 24.3 Å². The fraction of sp³-hybridized carbons (Fsp3) is 0.423. The molecule has 4 rings (SSSR count). The maximum Gasteiger partial charge on any atom is 0.407 e. The third-order valence-corrected chi connectivity index (χ3v) is 6.66. The highest BCUT2D eigenvalue weighted by molar-refractivity contribution is 5.79. The molecule has 2 aromatic carbocycles. The number of hydrogen-bond donors (Lipinski definition) is 2. The fourth-order valence-corrected chi connectivity index (χ4v) is 4.79. The second-order valence-electron chi connectivity index (χ2n) is 9.01. The Labute approximate surface area is 193 Å². The number of ether oxygens (including phenoxy) is 1. The van der Waals surface area contributed by atoms with E-state index in [4.69, 9.17) is 9.84 Å². The SMILES string of the molecule is CC(CCNC(=O)OCC1c2ccccc2-c2ccccc21)CC(=O)N1CCC(C(=O)O)C1. The molecule has 0 bridgehead atoms. The monoisotopic (exact) mass is 450 g/mol. The van der Waals surface area contributed by atoms with Crippen LogP contribution in [-0.2, 0) is 14.3 Å². The Balaban J connectivity index is 1.20. The van der Waals surface area contributed by atoms with Crippen molar-refractivity contribution in [2.24, 2.45) is 11.8 Å². The van der Waals surface area contributed by atoms with Gasteiger partial charge in [0.05, 0.1) is 5.92 Å². The van der Waals surface area contributed by atoms with Gasteiger partial charge in [0.25, 0.3) is 0 Å². The number of carboxylic acids is 1. The maximum absolute atomic E-state index is 12.4. The molecule has 2 amide bonds. The van der Waals surface area contributed by atoms with Gasteiger partial charge >= 0.3 is 12.1 Å². The van der Waals surface area contributed by atoms with Crippen LogP contribution in [0.25, 0.3) is 11.1 Å². The molecule has 2 unspecified atom stereocenters. The number of rotatable bonds is 8. The molecule has 2 aromatic rings. The number of carbonyl (C=O) groups excluding carboxylic acids is 2. The van der Waals surface area contributed by atoms with Crippen LogP contribution in [0.1, 0.15) is 43.2 Å². The molecule has 7 nitrogen and oxygen atoms in total. The van der Waals surface area contributed by atoms with Crippen molar-refractivity contribution in [1.29, 1.82) is 0 Å². The van der Waals surface area contributed by atoms with E-state index in [1.807, 2.05) is 31.2 Å². The first-order chi connectivity index (χ1) is 15.9. The van der Waals surface area contributed by atoms with Crippen molar-refractivity contribution < 1.29 is 24.2 Å². The van der Waals surface area contributed by atoms with Crippen LogP contribution in [0.5, 0.6) is 0 Å². The van der Waals surface area contributed by atoms with E-state index >= 15 is 0 Å². The number of nitrogens with zero attached hydrogens (tertiary/aromatic N) is 1. The largest absolute Gasteiger partial charge is 0.481 e. The number of carbonyl (C=O) groups is 3. The summed E-state index contributed by atoms with van der Waals surface area (Å²) in [5, 5.41) is 11.9. The zero-order valence-electron chi connectivity index (χ0n) is 18.8. The van der Waals surface area contributed by atoms with Gasteiger partial charge in [0.1, 0.15) is 6.61 Å². The molecule has 33 heavy (non-hydrogen) atoms. The Morgan fingerprint density at radius 2 is 1.73 bits per heavy atom. The predicted octanol–water partition coefficient (Wildman–Crippen LogP) is 3.87. The quantitative estimate of drug-likeness (QED) is 0.636. The molecule has 0 saturated carbocycles. The van der Waals surface area contributed by atoms with Gasteiger partial charge in [0.2, 0.25) is 5.91 Å². The van der Waals surface area contributed by atoms with Crippen molar-refractivity contribution in [2.45, 2.75) is 32.1 Å². The van der Waals surface area contributed by atoms with Crippen LogP contribution in [0.4, 0.5) is 4.79 Å². The minimum atomic E-state index is -0.842. The molecule has 2 N–H and O–H groups in total. The number of carboxylic acid groups (broad SMARTS) is 1. The van der Waals surface area contributed by atoms with Crippen molar-refractivity contribution in [2.75, 3.05) is 26.2 Å². The predicted molar refractivity (Wildman–Crippen MR) is 124 cm³/mol. The average Bonchev–Trinajstić information content (AvgIpc) is 3.42. The summed E-state index contributed by atoms with van der Waals surface area (Å²) in [4.78, 5) is 37.4. The van der Waals surface area contributed by atoms with Crippen molar-refractivity contribution in [3.05, 3.63) is 59.7 Å². The van der Waals surface area contributed by atoms with E-state index in [1.54, 1.807) is 4.90 Å². The molecular formula is C26H30N2O5. The smallest absolute Gasteiger partial charge is 0.407 e. The lowest BCUT2D eigenvalue weighted by Gasteiger charge is -2.19. The molecule has 0 aromatic heterocycles. The summed E-state index contributed by atoms with van der Waals surface area (Å²) < 4.78 is 5.54. The second-order valence-corrected chi connectivity index (χ2v) is 9.01. The topological polar surface area (TPSA) is 95.9 Å². The van der Waals surface area contributed by atoms with Gasteiger partial charge < -0.3 is 20.1 Å². The fourth-order valence-electron chi connectivity index (χ4n) is 4.79. The molecule has 0 spiro atoms. The first-order valence-corrected chi connectivity index (χ1v) is 11.5. The lowest BCUT2D eigenvalue weighted by atomic mass is 9.98. The van der Waals surface area contributed by atoms with Gasteiger partial charge in [-0.05, 0) is 41.0 Å². The summed E-state index contributed by atoms with van der Waals surface area (Å²) in [6.07, 6.45) is 1.04. The number of alkyl carbamates (subject to hydrolysis) is 1. The number of fused-ring (bicyclic) bond motifs is 3. The Hall–Kier alpha value is -3.35. The Kier molecular flexibility index (Phi) is 6.96. The Bertz CT molecular complexity index is 991. The van der Waals surface area contributed by atoms with Crippen LogP contribution in [0.2, 0.25) is 0 Å². The first kappa shape index (κ1) is 22.8. The third-order valence-electron chi connectivity index (χ3n) is 6.66. The summed E-state index contributed by atoms with van der Waals surface area (Å²) in [5.74, 6) is -1.22. The molecule has 0 radical (unpaired) electrons. The van der Waals surface area contributed by atoms with E-state index in [9.17, 15) is 14.4 Å². The molecule has 1 aliphatic heterocycles. The summed E-state index contributed by atoms with van der Waals surface area (Å²) in [6.45, 7) is 3.44. The number of nitrogens with one attached hydrogen (secondary N) is 1. The molecule has 7 heteroatoms. The zero-order chi connectivity index (χ0) is 23.4. The van der Waals surface area contributed by atoms with Crippen LogP contribution < -0.4 is 5.32 Å². The molecule has 2 aliphatic rings. The normalized spacial score (nSPS) is 17.8.